The van der Waals surface area contributed by atoms with Crippen LogP contribution in [0.25, 0.3) is 0 Å². The van der Waals surface area contributed by atoms with Gasteiger partial charge in [-0.3, -0.25) is 10.1 Å². The van der Waals surface area contributed by atoms with Crippen LogP contribution in [0.2, 0.25) is 0 Å². The molecule has 0 atom stereocenters. The number of ether oxygens (including phenoxy) is 3. The number of hydrogen-bond donors (Lipinski definition) is 0. The fourth-order valence-electron chi connectivity index (χ4n) is 3.18. The molecule has 1 heterocycles. The molecule has 1 fully saturated rings. The van der Waals surface area contributed by atoms with Crippen LogP contribution in [0, 0.1) is 10.1 Å². The average molecular weight is 456 g/mol. The normalized spacial score (nSPS) is 14.6. The number of hydrogen-bond acceptors (Lipinski definition) is 7. The summed E-state index contributed by atoms with van der Waals surface area (Å²) in [5.74, 6) is 1.44. The molecule has 0 radical (unpaired) electrons. The Morgan fingerprint density at radius 3 is 2.19 bits per heavy atom. The third kappa shape index (κ3) is 4.88. The van der Waals surface area contributed by atoms with Crippen LogP contribution in [-0.2, 0) is 14.8 Å². The molecule has 0 N–H and O–H groups in total. The standard InChI is InChI=1S/C22H20N2O7S/c25-24(26)17-9-10-21(22(15-17)32(27,28)23-11-13-29-14-12-23)31-20-8-4-7-19(16-20)30-18-5-2-1-3-6-18/h1-10,15-16H,11-14H2. The van der Waals surface area contributed by atoms with Gasteiger partial charge in [0.15, 0.2) is 0 Å². The van der Waals surface area contributed by atoms with Crippen LogP contribution in [0.5, 0.6) is 23.0 Å². The van der Waals surface area contributed by atoms with Crippen molar-refractivity contribution in [2.24, 2.45) is 0 Å². The number of para-hydroxylation sites is 1. The second kappa shape index (κ2) is 9.35. The number of rotatable bonds is 7. The van der Waals surface area contributed by atoms with E-state index in [4.69, 9.17) is 14.2 Å². The first-order valence-electron chi connectivity index (χ1n) is 9.81. The van der Waals surface area contributed by atoms with E-state index >= 15 is 0 Å². The second-order valence-electron chi connectivity index (χ2n) is 6.90. The van der Waals surface area contributed by atoms with Crippen LogP contribution in [0.15, 0.2) is 77.7 Å². The minimum absolute atomic E-state index is 0.0149. The van der Waals surface area contributed by atoms with Gasteiger partial charge in [-0.25, -0.2) is 8.42 Å². The third-order valence-corrected chi connectivity index (χ3v) is 6.66. The summed E-state index contributed by atoms with van der Waals surface area (Å²) in [7, 11) is -4.03. The monoisotopic (exact) mass is 456 g/mol. The molecular formula is C22H20N2O7S. The summed E-state index contributed by atoms with van der Waals surface area (Å²) in [5.41, 5.74) is -0.342. The minimum Gasteiger partial charge on any atom is -0.457 e. The van der Waals surface area contributed by atoms with Crippen LogP contribution in [0.1, 0.15) is 0 Å². The van der Waals surface area contributed by atoms with Gasteiger partial charge in [-0.2, -0.15) is 4.31 Å². The first-order chi connectivity index (χ1) is 15.4. The number of sulfonamides is 1. The Bertz CT molecular complexity index is 1210. The van der Waals surface area contributed by atoms with Crippen molar-refractivity contribution in [1.82, 2.24) is 4.31 Å². The Kier molecular flexibility index (Phi) is 6.35. The highest BCUT2D eigenvalue weighted by atomic mass is 32.2. The first-order valence-corrected chi connectivity index (χ1v) is 11.2. The summed E-state index contributed by atoms with van der Waals surface area (Å²) < 4.78 is 44.6. The molecular weight excluding hydrogens is 436 g/mol. The molecule has 4 rings (SSSR count). The minimum atomic E-state index is -4.03. The van der Waals surface area contributed by atoms with Crippen molar-refractivity contribution >= 4 is 15.7 Å². The van der Waals surface area contributed by atoms with E-state index in [0.29, 0.717) is 17.2 Å². The first kappa shape index (κ1) is 21.8. The van der Waals surface area contributed by atoms with Gasteiger partial charge >= 0.3 is 0 Å². The van der Waals surface area contributed by atoms with Gasteiger partial charge < -0.3 is 14.2 Å². The lowest BCUT2D eigenvalue weighted by molar-refractivity contribution is -0.385. The molecule has 0 bridgehead atoms. The highest BCUT2D eigenvalue weighted by Gasteiger charge is 2.31. The Balaban J connectivity index is 1.66. The van der Waals surface area contributed by atoms with Gasteiger partial charge in [0, 0.05) is 31.3 Å². The lowest BCUT2D eigenvalue weighted by atomic mass is 10.3. The maximum Gasteiger partial charge on any atom is 0.271 e. The maximum atomic E-state index is 13.2. The third-order valence-electron chi connectivity index (χ3n) is 4.74. The van der Waals surface area contributed by atoms with E-state index in [0.717, 1.165) is 6.07 Å². The maximum absolute atomic E-state index is 13.2. The van der Waals surface area contributed by atoms with Crippen molar-refractivity contribution in [2.75, 3.05) is 26.3 Å². The van der Waals surface area contributed by atoms with E-state index in [1.54, 1.807) is 36.4 Å². The van der Waals surface area contributed by atoms with Gasteiger partial charge in [0.1, 0.15) is 27.9 Å². The molecule has 1 saturated heterocycles. The Labute approximate surface area is 185 Å². The molecule has 0 aliphatic carbocycles. The van der Waals surface area contributed by atoms with Gasteiger partial charge in [-0.15, -0.1) is 0 Å². The quantitative estimate of drug-likeness (QED) is 0.387. The van der Waals surface area contributed by atoms with E-state index in [-0.39, 0.29) is 42.6 Å². The van der Waals surface area contributed by atoms with E-state index in [9.17, 15) is 18.5 Å². The molecule has 0 amide bonds. The topological polar surface area (TPSA) is 108 Å². The van der Waals surface area contributed by atoms with Crippen molar-refractivity contribution in [3.63, 3.8) is 0 Å². The molecule has 10 heteroatoms. The highest BCUT2D eigenvalue weighted by Crippen LogP contribution is 2.35. The molecule has 166 valence electrons. The summed E-state index contributed by atoms with van der Waals surface area (Å²) in [6.45, 7) is 0.822. The van der Waals surface area contributed by atoms with Gasteiger partial charge in [0.05, 0.1) is 18.1 Å². The number of nitrogens with zero attached hydrogens (tertiary/aromatic N) is 2. The zero-order valence-electron chi connectivity index (χ0n) is 16.9. The molecule has 0 saturated carbocycles. The van der Waals surface area contributed by atoms with Crippen molar-refractivity contribution in [1.29, 1.82) is 0 Å². The predicted octanol–water partition coefficient (Wildman–Crippen LogP) is 4.20. The van der Waals surface area contributed by atoms with E-state index in [2.05, 4.69) is 0 Å². The van der Waals surface area contributed by atoms with Gasteiger partial charge in [-0.05, 0) is 30.3 Å². The molecule has 9 nitrogen and oxygen atoms in total. The van der Waals surface area contributed by atoms with E-state index in [1.165, 1.54) is 16.4 Å². The van der Waals surface area contributed by atoms with Crippen molar-refractivity contribution in [3.8, 4) is 23.0 Å². The smallest absolute Gasteiger partial charge is 0.271 e. The Morgan fingerprint density at radius 1 is 0.844 bits per heavy atom. The zero-order valence-corrected chi connectivity index (χ0v) is 17.7. The van der Waals surface area contributed by atoms with Crippen molar-refractivity contribution in [2.45, 2.75) is 4.90 Å². The fourth-order valence-corrected chi connectivity index (χ4v) is 4.72. The molecule has 3 aromatic rings. The van der Waals surface area contributed by atoms with E-state index in [1.807, 2.05) is 18.2 Å². The van der Waals surface area contributed by atoms with Crippen molar-refractivity contribution < 1.29 is 27.6 Å². The molecule has 3 aromatic carbocycles. The van der Waals surface area contributed by atoms with Crippen LogP contribution < -0.4 is 9.47 Å². The summed E-state index contributed by atoms with van der Waals surface area (Å²) in [6, 6.07) is 19.4. The highest BCUT2D eigenvalue weighted by molar-refractivity contribution is 7.89. The largest absolute Gasteiger partial charge is 0.457 e. The number of nitro benzene ring substituents is 1. The number of morpholine rings is 1. The predicted molar refractivity (Wildman–Crippen MR) is 116 cm³/mol. The Hall–Kier alpha value is -3.47. The van der Waals surface area contributed by atoms with Crippen molar-refractivity contribution in [3.05, 3.63) is 82.9 Å². The van der Waals surface area contributed by atoms with Crippen LogP contribution >= 0.6 is 0 Å². The van der Waals surface area contributed by atoms with Crippen LogP contribution in [-0.4, -0.2) is 43.9 Å². The molecule has 0 aromatic heterocycles. The summed E-state index contributed by atoms with van der Waals surface area (Å²) >= 11 is 0. The SMILES string of the molecule is O=[N+]([O-])c1ccc(Oc2cccc(Oc3ccccc3)c2)c(S(=O)(=O)N2CCOCC2)c1. The molecule has 0 unspecified atom stereocenters. The van der Waals surface area contributed by atoms with Crippen LogP contribution in [0.4, 0.5) is 5.69 Å². The lowest BCUT2D eigenvalue weighted by Gasteiger charge is -2.26. The Morgan fingerprint density at radius 2 is 1.50 bits per heavy atom. The van der Waals surface area contributed by atoms with Gasteiger partial charge in [0.25, 0.3) is 5.69 Å². The summed E-state index contributed by atoms with van der Waals surface area (Å²) in [5, 5.41) is 11.3. The van der Waals surface area contributed by atoms with Crippen LogP contribution in [0.3, 0.4) is 0 Å². The summed E-state index contributed by atoms with van der Waals surface area (Å²) in [6.07, 6.45) is 0. The van der Waals surface area contributed by atoms with Gasteiger partial charge in [-0.1, -0.05) is 24.3 Å². The number of non-ortho nitro benzene ring substituents is 1. The van der Waals surface area contributed by atoms with E-state index < -0.39 is 14.9 Å². The number of nitro groups is 1. The molecule has 32 heavy (non-hydrogen) atoms. The molecule has 1 aliphatic heterocycles. The number of benzene rings is 3. The molecule has 1 aliphatic rings. The summed E-state index contributed by atoms with van der Waals surface area (Å²) in [4.78, 5) is 10.3. The zero-order chi connectivity index (χ0) is 22.6. The lowest BCUT2D eigenvalue weighted by Crippen LogP contribution is -2.40. The average Bonchev–Trinajstić information content (AvgIpc) is 2.80. The van der Waals surface area contributed by atoms with Gasteiger partial charge in [0.2, 0.25) is 10.0 Å². The second-order valence-corrected chi connectivity index (χ2v) is 8.80. The molecule has 0 spiro atoms. The fraction of sp³-hybridized carbons (Fsp3) is 0.182.